The number of nitriles is 1. The molecule has 122 valence electrons. The molecule has 0 saturated carbocycles. The lowest BCUT2D eigenvalue weighted by Gasteiger charge is -2.07. The zero-order valence-electron chi connectivity index (χ0n) is 13.9. The number of benzene rings is 2. The van der Waals surface area contributed by atoms with E-state index in [1.165, 1.54) is 0 Å². The highest BCUT2D eigenvalue weighted by molar-refractivity contribution is 6.09. The van der Waals surface area contributed by atoms with Crippen molar-refractivity contribution >= 4 is 17.7 Å². The molecule has 0 saturated heterocycles. The quantitative estimate of drug-likeness (QED) is 0.636. The number of hydrogen-bond acceptors (Lipinski definition) is 3. The summed E-state index contributed by atoms with van der Waals surface area (Å²) in [5.74, 6) is 0.356. The van der Waals surface area contributed by atoms with Gasteiger partial charge in [-0.3, -0.25) is 4.79 Å². The van der Waals surface area contributed by atoms with E-state index >= 15 is 0 Å². The number of amides is 1. The molecule has 24 heavy (non-hydrogen) atoms. The first-order chi connectivity index (χ1) is 11.6. The third-order valence-corrected chi connectivity index (χ3v) is 3.42. The molecule has 0 spiro atoms. The maximum atomic E-state index is 12.3. The Balaban J connectivity index is 2.12. The lowest BCUT2D eigenvalue weighted by Crippen LogP contribution is -2.14. The van der Waals surface area contributed by atoms with E-state index in [9.17, 15) is 10.1 Å². The number of hydrogen-bond donors (Lipinski definition) is 1. The molecule has 4 heteroatoms. The Morgan fingerprint density at radius 1 is 1.21 bits per heavy atom. The summed E-state index contributed by atoms with van der Waals surface area (Å²) in [6.45, 7) is 4.61. The van der Waals surface area contributed by atoms with Crippen molar-refractivity contribution in [2.24, 2.45) is 0 Å². The Kier molecular flexibility index (Phi) is 6.16. The number of ether oxygens (including phenoxy) is 1. The molecule has 0 fully saturated rings. The van der Waals surface area contributed by atoms with Gasteiger partial charge < -0.3 is 10.1 Å². The maximum absolute atomic E-state index is 12.3. The molecule has 2 rings (SSSR count). The van der Waals surface area contributed by atoms with E-state index in [2.05, 4.69) is 5.32 Å². The first kappa shape index (κ1) is 17.3. The summed E-state index contributed by atoms with van der Waals surface area (Å²) in [5, 5.41) is 12.0. The molecule has 0 bridgehead atoms. The van der Waals surface area contributed by atoms with E-state index in [-0.39, 0.29) is 5.57 Å². The van der Waals surface area contributed by atoms with Crippen LogP contribution in [-0.2, 0) is 4.79 Å². The fraction of sp³-hybridized carbons (Fsp3) is 0.200. The van der Waals surface area contributed by atoms with Crippen LogP contribution in [0.4, 0.5) is 5.69 Å². The third kappa shape index (κ3) is 4.72. The lowest BCUT2D eigenvalue weighted by molar-refractivity contribution is -0.112. The molecule has 0 radical (unpaired) electrons. The number of aryl methyl sites for hydroxylation is 1. The minimum absolute atomic E-state index is 0.0560. The standard InChI is InChI=1S/C20H20N2O2/c1-3-12-24-18-10-8-16(9-11-18)13-17(14-21)20(23)22-19-7-5-4-6-15(19)2/h4-11,13H,3,12H2,1-2H3,(H,22,23). The second-order valence-corrected chi connectivity index (χ2v) is 5.36. The molecule has 0 aliphatic rings. The molecule has 0 aliphatic heterocycles. The van der Waals surface area contributed by atoms with Crippen molar-refractivity contribution in [2.45, 2.75) is 20.3 Å². The van der Waals surface area contributed by atoms with Crippen molar-refractivity contribution < 1.29 is 9.53 Å². The van der Waals surface area contributed by atoms with Gasteiger partial charge >= 0.3 is 0 Å². The Labute approximate surface area is 142 Å². The van der Waals surface area contributed by atoms with Crippen LogP contribution < -0.4 is 10.1 Å². The van der Waals surface area contributed by atoms with Crippen LogP contribution in [0.1, 0.15) is 24.5 Å². The fourth-order valence-electron chi connectivity index (χ4n) is 2.10. The second-order valence-electron chi connectivity index (χ2n) is 5.36. The van der Waals surface area contributed by atoms with Gasteiger partial charge in [0.05, 0.1) is 6.61 Å². The molecule has 0 heterocycles. The SMILES string of the molecule is CCCOc1ccc(C=C(C#N)C(=O)Nc2ccccc2C)cc1. The van der Waals surface area contributed by atoms with E-state index in [1.54, 1.807) is 6.08 Å². The molecule has 1 amide bonds. The summed E-state index contributed by atoms with van der Waals surface area (Å²) < 4.78 is 5.52. The zero-order valence-corrected chi connectivity index (χ0v) is 13.9. The summed E-state index contributed by atoms with van der Waals surface area (Å²) in [5.41, 5.74) is 2.48. The Morgan fingerprint density at radius 2 is 1.92 bits per heavy atom. The van der Waals surface area contributed by atoms with Crippen molar-refractivity contribution in [2.75, 3.05) is 11.9 Å². The normalized spacial score (nSPS) is 10.8. The van der Waals surface area contributed by atoms with Crippen LogP contribution in [0.3, 0.4) is 0 Å². The molecule has 0 unspecified atom stereocenters. The number of nitrogens with zero attached hydrogens (tertiary/aromatic N) is 1. The average Bonchev–Trinajstić information content (AvgIpc) is 2.60. The highest BCUT2D eigenvalue weighted by atomic mass is 16.5. The zero-order chi connectivity index (χ0) is 17.4. The molecule has 0 atom stereocenters. The van der Waals surface area contributed by atoms with Gasteiger partial charge in [-0.1, -0.05) is 37.3 Å². The van der Waals surface area contributed by atoms with Gasteiger partial charge in [-0.25, -0.2) is 0 Å². The van der Waals surface area contributed by atoms with Crippen LogP contribution in [0.25, 0.3) is 6.08 Å². The van der Waals surface area contributed by atoms with Gasteiger partial charge in [-0.2, -0.15) is 5.26 Å². The molecule has 1 N–H and O–H groups in total. The second kappa shape index (κ2) is 8.54. The van der Waals surface area contributed by atoms with Crippen LogP contribution >= 0.6 is 0 Å². The summed E-state index contributed by atoms with van der Waals surface area (Å²) in [4.78, 5) is 12.3. The van der Waals surface area contributed by atoms with E-state index < -0.39 is 5.91 Å². The lowest BCUT2D eigenvalue weighted by atomic mass is 10.1. The van der Waals surface area contributed by atoms with Crippen LogP contribution in [0, 0.1) is 18.3 Å². The largest absolute Gasteiger partial charge is 0.494 e. The number of carbonyl (C=O) groups is 1. The third-order valence-electron chi connectivity index (χ3n) is 3.42. The Bertz CT molecular complexity index is 771. The minimum Gasteiger partial charge on any atom is -0.494 e. The van der Waals surface area contributed by atoms with Crippen molar-refractivity contribution in [1.82, 2.24) is 0 Å². The minimum atomic E-state index is -0.418. The highest BCUT2D eigenvalue weighted by Crippen LogP contribution is 2.17. The number of anilines is 1. The molecule has 2 aromatic rings. The van der Waals surface area contributed by atoms with Gasteiger partial charge in [0, 0.05) is 5.69 Å². The molecule has 4 nitrogen and oxygen atoms in total. The summed E-state index contributed by atoms with van der Waals surface area (Å²) >= 11 is 0. The number of nitrogens with one attached hydrogen (secondary N) is 1. The van der Waals surface area contributed by atoms with Gasteiger partial charge in [-0.05, 0) is 48.7 Å². The maximum Gasteiger partial charge on any atom is 0.266 e. The van der Waals surface area contributed by atoms with Gasteiger partial charge in [0.1, 0.15) is 17.4 Å². The molecule has 0 aliphatic carbocycles. The highest BCUT2D eigenvalue weighted by Gasteiger charge is 2.10. The number of para-hydroxylation sites is 1. The summed E-state index contributed by atoms with van der Waals surface area (Å²) in [7, 11) is 0. The van der Waals surface area contributed by atoms with Crippen LogP contribution in [0.15, 0.2) is 54.1 Å². The van der Waals surface area contributed by atoms with Crippen LogP contribution in [-0.4, -0.2) is 12.5 Å². The van der Waals surface area contributed by atoms with Crippen molar-refractivity contribution in [3.05, 3.63) is 65.2 Å². The van der Waals surface area contributed by atoms with Crippen LogP contribution in [0.5, 0.6) is 5.75 Å². The first-order valence-electron chi connectivity index (χ1n) is 7.85. The predicted octanol–water partition coefficient (Wildman–Crippen LogP) is 4.33. The Hall–Kier alpha value is -3.06. The molecular weight excluding hydrogens is 300 g/mol. The monoisotopic (exact) mass is 320 g/mol. The van der Waals surface area contributed by atoms with E-state index in [0.717, 1.165) is 23.3 Å². The topological polar surface area (TPSA) is 62.1 Å². The van der Waals surface area contributed by atoms with E-state index in [1.807, 2.05) is 68.4 Å². The summed E-state index contributed by atoms with van der Waals surface area (Å²) in [6.07, 6.45) is 2.51. The predicted molar refractivity (Wildman–Crippen MR) is 95.6 cm³/mol. The van der Waals surface area contributed by atoms with Gasteiger partial charge in [0.15, 0.2) is 0 Å². The average molecular weight is 320 g/mol. The van der Waals surface area contributed by atoms with E-state index in [4.69, 9.17) is 4.74 Å². The number of carbonyl (C=O) groups excluding carboxylic acids is 1. The van der Waals surface area contributed by atoms with Gasteiger partial charge in [0.25, 0.3) is 5.91 Å². The van der Waals surface area contributed by atoms with Gasteiger partial charge in [0.2, 0.25) is 0 Å². The van der Waals surface area contributed by atoms with Crippen LogP contribution in [0.2, 0.25) is 0 Å². The molecule has 0 aromatic heterocycles. The van der Waals surface area contributed by atoms with E-state index in [0.29, 0.717) is 12.3 Å². The fourth-order valence-corrected chi connectivity index (χ4v) is 2.10. The summed E-state index contributed by atoms with van der Waals surface area (Å²) in [6, 6.07) is 16.7. The molecule has 2 aromatic carbocycles. The Morgan fingerprint density at radius 3 is 2.54 bits per heavy atom. The van der Waals surface area contributed by atoms with Crippen molar-refractivity contribution in [1.29, 1.82) is 5.26 Å². The smallest absolute Gasteiger partial charge is 0.266 e. The van der Waals surface area contributed by atoms with Crippen molar-refractivity contribution in [3.8, 4) is 11.8 Å². The van der Waals surface area contributed by atoms with Crippen molar-refractivity contribution in [3.63, 3.8) is 0 Å². The first-order valence-corrected chi connectivity index (χ1v) is 7.85. The molecular formula is C20H20N2O2. The number of rotatable bonds is 6. The van der Waals surface area contributed by atoms with Gasteiger partial charge in [-0.15, -0.1) is 0 Å².